The summed E-state index contributed by atoms with van der Waals surface area (Å²) in [4.78, 5) is 15.1. The van der Waals surface area contributed by atoms with Crippen LogP contribution in [0.1, 0.15) is 0 Å². The number of nitrogens with one attached hydrogen (secondary N) is 1. The van der Waals surface area contributed by atoms with E-state index in [0.717, 1.165) is 11.1 Å². The Labute approximate surface area is 115 Å². The molecule has 0 unspecified atom stereocenters. The largest absolute Gasteiger partial charge is 0.325 e. The third kappa shape index (κ3) is 3.00. The van der Waals surface area contributed by atoms with Gasteiger partial charge < -0.3 is 5.32 Å². The van der Waals surface area contributed by atoms with E-state index in [1.54, 1.807) is 24.5 Å². The van der Waals surface area contributed by atoms with Crippen molar-refractivity contribution in [3.8, 4) is 11.1 Å². The number of rotatable bonds is 3. The lowest BCUT2D eigenvalue weighted by Gasteiger charge is -2.08. The fraction of sp³-hybridized carbons (Fsp3) is 0.0769. The monoisotopic (exact) mass is 280 g/mol. The molecule has 18 heavy (non-hydrogen) atoms. The summed E-state index contributed by atoms with van der Waals surface area (Å²) in [5, 5.41) is 3.21. The molecule has 2 aromatic rings. The minimum atomic E-state index is -0.260. The maximum atomic E-state index is 11.2. The van der Waals surface area contributed by atoms with Crippen molar-refractivity contribution >= 4 is 34.8 Å². The Kier molecular flexibility index (Phi) is 4.18. The summed E-state index contributed by atoms with van der Waals surface area (Å²) < 4.78 is 0. The highest BCUT2D eigenvalue weighted by molar-refractivity contribution is 6.34. The molecule has 0 saturated heterocycles. The maximum absolute atomic E-state index is 11.2. The van der Waals surface area contributed by atoms with Crippen molar-refractivity contribution in [1.82, 2.24) is 4.98 Å². The molecule has 5 heteroatoms. The van der Waals surface area contributed by atoms with Crippen molar-refractivity contribution in [2.24, 2.45) is 0 Å². The Bertz CT molecular complexity index is 558. The Morgan fingerprint density at radius 3 is 2.56 bits per heavy atom. The van der Waals surface area contributed by atoms with Crippen LogP contribution in [0.25, 0.3) is 11.1 Å². The third-order valence-electron chi connectivity index (χ3n) is 2.37. The zero-order chi connectivity index (χ0) is 13.0. The molecule has 1 N–H and O–H groups in total. The Morgan fingerprint density at radius 2 is 1.94 bits per heavy atom. The van der Waals surface area contributed by atoms with Gasteiger partial charge in [-0.05, 0) is 29.8 Å². The maximum Gasteiger partial charge on any atom is 0.239 e. The van der Waals surface area contributed by atoms with Gasteiger partial charge in [0.05, 0.1) is 5.02 Å². The molecule has 0 bridgehead atoms. The number of carbonyl (C=O) groups is 1. The van der Waals surface area contributed by atoms with E-state index < -0.39 is 0 Å². The van der Waals surface area contributed by atoms with E-state index in [-0.39, 0.29) is 11.8 Å². The molecule has 0 atom stereocenters. The van der Waals surface area contributed by atoms with Gasteiger partial charge in [0.1, 0.15) is 5.88 Å². The Morgan fingerprint density at radius 1 is 1.22 bits per heavy atom. The molecule has 0 spiro atoms. The van der Waals surface area contributed by atoms with Crippen molar-refractivity contribution in [3.63, 3.8) is 0 Å². The SMILES string of the molecule is O=C(CCl)Nc1ccc(-c2ccncc2)c(Cl)c1. The molecule has 0 aliphatic carbocycles. The van der Waals surface area contributed by atoms with E-state index in [2.05, 4.69) is 10.3 Å². The Balaban J connectivity index is 2.28. The van der Waals surface area contributed by atoms with Gasteiger partial charge in [0.25, 0.3) is 0 Å². The van der Waals surface area contributed by atoms with Gasteiger partial charge in [-0.3, -0.25) is 9.78 Å². The van der Waals surface area contributed by atoms with Crippen molar-refractivity contribution in [1.29, 1.82) is 0 Å². The topological polar surface area (TPSA) is 42.0 Å². The highest BCUT2D eigenvalue weighted by atomic mass is 35.5. The predicted octanol–water partition coefficient (Wildman–Crippen LogP) is 3.58. The van der Waals surface area contributed by atoms with Gasteiger partial charge in [-0.2, -0.15) is 0 Å². The van der Waals surface area contributed by atoms with Crippen LogP contribution in [0.15, 0.2) is 42.7 Å². The number of hydrogen-bond acceptors (Lipinski definition) is 2. The molecule has 0 aliphatic rings. The Hall–Kier alpha value is -1.58. The van der Waals surface area contributed by atoms with Crippen LogP contribution < -0.4 is 5.32 Å². The zero-order valence-electron chi connectivity index (χ0n) is 9.36. The summed E-state index contributed by atoms with van der Waals surface area (Å²) in [6.07, 6.45) is 3.41. The minimum absolute atomic E-state index is 0.0796. The van der Waals surface area contributed by atoms with E-state index in [4.69, 9.17) is 23.2 Å². The molecule has 1 heterocycles. The molecule has 1 amide bonds. The third-order valence-corrected chi connectivity index (χ3v) is 2.92. The van der Waals surface area contributed by atoms with E-state index in [1.165, 1.54) is 0 Å². The number of aromatic nitrogens is 1. The number of pyridine rings is 1. The second kappa shape index (κ2) is 5.85. The fourth-order valence-electron chi connectivity index (χ4n) is 1.55. The van der Waals surface area contributed by atoms with Crippen molar-refractivity contribution in [2.75, 3.05) is 11.2 Å². The number of hydrogen-bond donors (Lipinski definition) is 1. The number of carbonyl (C=O) groups excluding carboxylic acids is 1. The van der Waals surface area contributed by atoms with E-state index in [0.29, 0.717) is 10.7 Å². The number of alkyl halides is 1. The lowest BCUT2D eigenvalue weighted by Crippen LogP contribution is -2.12. The number of halogens is 2. The first kappa shape index (κ1) is 12.9. The van der Waals surface area contributed by atoms with Gasteiger partial charge in [-0.15, -0.1) is 11.6 Å². The number of anilines is 1. The molecule has 0 saturated carbocycles. The van der Waals surface area contributed by atoms with Crippen molar-refractivity contribution in [2.45, 2.75) is 0 Å². The van der Waals surface area contributed by atoms with Gasteiger partial charge in [0.15, 0.2) is 0 Å². The van der Waals surface area contributed by atoms with Crippen LogP contribution in [0.3, 0.4) is 0 Å². The fourth-order valence-corrected chi connectivity index (χ4v) is 1.91. The zero-order valence-corrected chi connectivity index (χ0v) is 10.9. The molecule has 92 valence electrons. The number of nitrogens with zero attached hydrogens (tertiary/aromatic N) is 1. The van der Waals surface area contributed by atoms with Crippen LogP contribution in [0.2, 0.25) is 5.02 Å². The van der Waals surface area contributed by atoms with E-state index in [9.17, 15) is 4.79 Å². The summed E-state index contributed by atoms with van der Waals surface area (Å²) >= 11 is 11.6. The van der Waals surface area contributed by atoms with Crippen LogP contribution in [-0.4, -0.2) is 16.8 Å². The van der Waals surface area contributed by atoms with Crippen LogP contribution in [0.4, 0.5) is 5.69 Å². The van der Waals surface area contributed by atoms with Gasteiger partial charge in [0, 0.05) is 23.6 Å². The molecule has 2 rings (SSSR count). The van der Waals surface area contributed by atoms with Gasteiger partial charge >= 0.3 is 0 Å². The number of benzene rings is 1. The number of amides is 1. The summed E-state index contributed by atoms with van der Waals surface area (Å²) in [5.74, 6) is -0.339. The molecule has 3 nitrogen and oxygen atoms in total. The summed E-state index contributed by atoms with van der Waals surface area (Å²) in [7, 11) is 0. The molecular formula is C13H10Cl2N2O. The molecule has 1 aromatic carbocycles. The standard InChI is InChI=1S/C13H10Cl2N2O/c14-8-13(18)17-10-1-2-11(12(15)7-10)9-3-5-16-6-4-9/h1-7H,8H2,(H,17,18). The predicted molar refractivity (Wildman–Crippen MR) is 74.0 cm³/mol. The second-order valence-corrected chi connectivity index (χ2v) is 4.29. The average molecular weight is 281 g/mol. The first-order valence-corrected chi connectivity index (χ1v) is 6.17. The lowest BCUT2D eigenvalue weighted by molar-refractivity contribution is -0.113. The molecule has 0 aliphatic heterocycles. The summed E-state index contributed by atoms with van der Waals surface area (Å²) in [6.45, 7) is 0. The average Bonchev–Trinajstić information content (AvgIpc) is 2.40. The van der Waals surface area contributed by atoms with Crippen molar-refractivity contribution in [3.05, 3.63) is 47.7 Å². The smallest absolute Gasteiger partial charge is 0.239 e. The normalized spacial score (nSPS) is 10.1. The quantitative estimate of drug-likeness (QED) is 0.874. The van der Waals surface area contributed by atoms with Gasteiger partial charge in [-0.25, -0.2) is 0 Å². The molecule has 0 fully saturated rings. The van der Waals surface area contributed by atoms with E-state index in [1.807, 2.05) is 18.2 Å². The molecule has 0 radical (unpaired) electrons. The first-order chi connectivity index (χ1) is 8.70. The van der Waals surface area contributed by atoms with E-state index >= 15 is 0 Å². The molecule has 1 aromatic heterocycles. The summed E-state index contributed by atoms with van der Waals surface area (Å²) in [5.41, 5.74) is 2.50. The highest BCUT2D eigenvalue weighted by Gasteiger charge is 2.06. The van der Waals surface area contributed by atoms with Crippen molar-refractivity contribution < 1.29 is 4.79 Å². The van der Waals surface area contributed by atoms with Crippen LogP contribution in [-0.2, 0) is 4.79 Å². The lowest BCUT2D eigenvalue weighted by atomic mass is 10.1. The van der Waals surface area contributed by atoms with Crippen LogP contribution in [0, 0.1) is 0 Å². The van der Waals surface area contributed by atoms with Crippen LogP contribution >= 0.6 is 23.2 Å². The van der Waals surface area contributed by atoms with Crippen LogP contribution in [0.5, 0.6) is 0 Å². The highest BCUT2D eigenvalue weighted by Crippen LogP contribution is 2.29. The van der Waals surface area contributed by atoms with Gasteiger partial charge in [-0.1, -0.05) is 17.7 Å². The minimum Gasteiger partial charge on any atom is -0.325 e. The molecular weight excluding hydrogens is 271 g/mol. The second-order valence-electron chi connectivity index (χ2n) is 3.61. The summed E-state index contributed by atoms with van der Waals surface area (Å²) in [6, 6.07) is 9.08. The van der Waals surface area contributed by atoms with Gasteiger partial charge in [0.2, 0.25) is 5.91 Å². The first-order valence-electron chi connectivity index (χ1n) is 5.26.